The molecular weight excluding hydrogens is 326 g/mol. The highest BCUT2D eigenvalue weighted by atomic mass is 16.1. The van der Waals surface area contributed by atoms with Gasteiger partial charge < -0.3 is 10.6 Å². The van der Waals surface area contributed by atoms with Gasteiger partial charge in [0.1, 0.15) is 17.3 Å². The van der Waals surface area contributed by atoms with Crippen LogP contribution in [0.4, 0.5) is 5.82 Å². The molecule has 3 aromatic rings. The van der Waals surface area contributed by atoms with Crippen LogP contribution in [0.1, 0.15) is 27.4 Å². The maximum atomic E-state index is 12.4. The summed E-state index contributed by atoms with van der Waals surface area (Å²) in [5.41, 5.74) is 2.54. The van der Waals surface area contributed by atoms with Crippen molar-refractivity contribution in [1.29, 1.82) is 0 Å². The maximum Gasteiger partial charge on any atom is 0.270 e. The Morgan fingerprint density at radius 2 is 1.85 bits per heavy atom. The molecule has 2 N–H and O–H groups in total. The highest BCUT2D eigenvalue weighted by molar-refractivity contribution is 5.92. The zero-order valence-electron chi connectivity index (χ0n) is 14.6. The lowest BCUT2D eigenvalue weighted by molar-refractivity contribution is 0.0945. The summed E-state index contributed by atoms with van der Waals surface area (Å²) in [6.45, 7) is 2.92. The van der Waals surface area contributed by atoms with Gasteiger partial charge >= 0.3 is 0 Å². The van der Waals surface area contributed by atoms with Crippen molar-refractivity contribution >= 4 is 11.7 Å². The molecule has 0 aliphatic heterocycles. The number of benzene rings is 1. The average molecular weight is 347 g/mol. The number of rotatable bonds is 7. The van der Waals surface area contributed by atoms with Gasteiger partial charge in [0.25, 0.3) is 5.91 Å². The molecule has 0 atom stereocenters. The summed E-state index contributed by atoms with van der Waals surface area (Å²) in [6.07, 6.45) is 4.31. The summed E-state index contributed by atoms with van der Waals surface area (Å²) in [5, 5.41) is 6.12. The summed E-state index contributed by atoms with van der Waals surface area (Å²) in [4.78, 5) is 25.0. The standard InChI is InChI=1S/C20H21N5O/c1-15-24-18(20(26)23-14-17-8-5-10-21-13-17)12-19(25-15)22-11-9-16-6-3-2-4-7-16/h2-8,10,12-13H,9,11,14H2,1H3,(H,23,26)(H,22,24,25). The van der Waals surface area contributed by atoms with Crippen molar-refractivity contribution in [1.82, 2.24) is 20.3 Å². The second kappa shape index (κ2) is 8.71. The largest absolute Gasteiger partial charge is 0.370 e. The van der Waals surface area contributed by atoms with E-state index >= 15 is 0 Å². The molecule has 2 aromatic heterocycles. The minimum absolute atomic E-state index is 0.231. The number of nitrogens with zero attached hydrogens (tertiary/aromatic N) is 3. The van der Waals surface area contributed by atoms with E-state index in [2.05, 4.69) is 37.7 Å². The highest BCUT2D eigenvalue weighted by Crippen LogP contribution is 2.08. The predicted octanol–water partition coefficient (Wildman–Crippen LogP) is 2.76. The second-order valence-corrected chi connectivity index (χ2v) is 5.89. The minimum atomic E-state index is -0.231. The third-order valence-corrected chi connectivity index (χ3v) is 3.81. The summed E-state index contributed by atoms with van der Waals surface area (Å²) < 4.78 is 0. The molecule has 0 bridgehead atoms. The fourth-order valence-electron chi connectivity index (χ4n) is 2.53. The molecule has 6 heteroatoms. The molecule has 0 aliphatic carbocycles. The Labute approximate surface area is 152 Å². The Morgan fingerprint density at radius 3 is 2.62 bits per heavy atom. The lowest BCUT2D eigenvalue weighted by atomic mass is 10.1. The molecule has 2 heterocycles. The van der Waals surface area contributed by atoms with Crippen LogP contribution in [-0.4, -0.2) is 27.4 Å². The van der Waals surface area contributed by atoms with Crippen LogP contribution in [0.25, 0.3) is 0 Å². The first-order valence-corrected chi connectivity index (χ1v) is 8.51. The van der Waals surface area contributed by atoms with Gasteiger partial charge in [-0.05, 0) is 30.5 Å². The third-order valence-electron chi connectivity index (χ3n) is 3.81. The number of aryl methyl sites for hydroxylation is 1. The van der Waals surface area contributed by atoms with Crippen LogP contribution in [0.3, 0.4) is 0 Å². The zero-order chi connectivity index (χ0) is 18.2. The van der Waals surface area contributed by atoms with Crippen molar-refractivity contribution < 1.29 is 4.79 Å². The van der Waals surface area contributed by atoms with Crippen LogP contribution in [0, 0.1) is 6.92 Å². The molecule has 6 nitrogen and oxygen atoms in total. The van der Waals surface area contributed by atoms with Crippen LogP contribution in [0.15, 0.2) is 60.9 Å². The van der Waals surface area contributed by atoms with Gasteiger partial charge in [0.05, 0.1) is 0 Å². The number of pyridine rings is 1. The molecule has 0 saturated carbocycles. The van der Waals surface area contributed by atoms with Crippen molar-refractivity contribution in [2.24, 2.45) is 0 Å². The third kappa shape index (κ3) is 5.11. The Balaban J connectivity index is 1.58. The van der Waals surface area contributed by atoms with E-state index in [0.29, 0.717) is 23.9 Å². The van der Waals surface area contributed by atoms with Crippen molar-refractivity contribution in [3.05, 3.63) is 83.6 Å². The Hall–Kier alpha value is -3.28. The second-order valence-electron chi connectivity index (χ2n) is 5.89. The molecule has 132 valence electrons. The minimum Gasteiger partial charge on any atom is -0.370 e. The maximum absolute atomic E-state index is 12.4. The monoisotopic (exact) mass is 347 g/mol. The van der Waals surface area contributed by atoms with Crippen LogP contribution in [-0.2, 0) is 13.0 Å². The van der Waals surface area contributed by atoms with Crippen molar-refractivity contribution in [3.63, 3.8) is 0 Å². The van der Waals surface area contributed by atoms with E-state index < -0.39 is 0 Å². The normalized spacial score (nSPS) is 10.3. The van der Waals surface area contributed by atoms with Crippen molar-refractivity contribution in [2.45, 2.75) is 19.9 Å². The fraction of sp³-hybridized carbons (Fsp3) is 0.200. The van der Waals surface area contributed by atoms with E-state index in [4.69, 9.17) is 0 Å². The molecule has 0 fully saturated rings. The molecule has 0 aliphatic rings. The number of nitrogens with one attached hydrogen (secondary N) is 2. The number of carbonyl (C=O) groups excluding carboxylic acids is 1. The molecule has 0 spiro atoms. The smallest absolute Gasteiger partial charge is 0.270 e. The predicted molar refractivity (Wildman–Crippen MR) is 101 cm³/mol. The number of hydrogen-bond acceptors (Lipinski definition) is 5. The van der Waals surface area contributed by atoms with E-state index in [1.807, 2.05) is 30.3 Å². The first-order valence-electron chi connectivity index (χ1n) is 8.51. The number of anilines is 1. The molecule has 0 unspecified atom stereocenters. The fourth-order valence-corrected chi connectivity index (χ4v) is 2.53. The number of amides is 1. The van der Waals surface area contributed by atoms with E-state index in [1.165, 1.54) is 5.56 Å². The molecule has 1 amide bonds. The Morgan fingerprint density at radius 1 is 1.04 bits per heavy atom. The van der Waals surface area contributed by atoms with E-state index in [9.17, 15) is 4.79 Å². The molecule has 1 aromatic carbocycles. The number of aromatic nitrogens is 3. The molecule has 26 heavy (non-hydrogen) atoms. The first-order chi connectivity index (χ1) is 12.7. The van der Waals surface area contributed by atoms with E-state index in [1.54, 1.807) is 25.4 Å². The zero-order valence-corrected chi connectivity index (χ0v) is 14.6. The van der Waals surface area contributed by atoms with Gasteiger partial charge in [-0.25, -0.2) is 9.97 Å². The van der Waals surface area contributed by atoms with Gasteiger partial charge in [0.15, 0.2) is 0 Å². The summed E-state index contributed by atoms with van der Waals surface area (Å²) in [5.74, 6) is 0.978. The quantitative estimate of drug-likeness (QED) is 0.687. The lowest BCUT2D eigenvalue weighted by Crippen LogP contribution is -2.24. The van der Waals surface area contributed by atoms with Gasteiger partial charge in [-0.3, -0.25) is 9.78 Å². The van der Waals surface area contributed by atoms with Gasteiger partial charge in [-0.15, -0.1) is 0 Å². The first kappa shape index (κ1) is 17.5. The van der Waals surface area contributed by atoms with Crippen LogP contribution < -0.4 is 10.6 Å². The average Bonchev–Trinajstić information content (AvgIpc) is 2.67. The van der Waals surface area contributed by atoms with Crippen molar-refractivity contribution in [3.8, 4) is 0 Å². The van der Waals surface area contributed by atoms with Gasteiger partial charge in [0.2, 0.25) is 0 Å². The van der Waals surface area contributed by atoms with Crippen LogP contribution in [0.2, 0.25) is 0 Å². The van der Waals surface area contributed by atoms with Gasteiger partial charge in [-0.2, -0.15) is 0 Å². The SMILES string of the molecule is Cc1nc(NCCc2ccccc2)cc(C(=O)NCc2cccnc2)n1. The van der Waals surface area contributed by atoms with Crippen LogP contribution in [0.5, 0.6) is 0 Å². The molecule has 0 radical (unpaired) electrons. The molecule has 0 saturated heterocycles. The number of carbonyl (C=O) groups is 1. The highest BCUT2D eigenvalue weighted by Gasteiger charge is 2.10. The number of hydrogen-bond donors (Lipinski definition) is 2. The molecule has 3 rings (SSSR count). The van der Waals surface area contributed by atoms with Gasteiger partial charge in [0, 0.05) is 31.5 Å². The van der Waals surface area contributed by atoms with Crippen LogP contribution >= 0.6 is 0 Å². The Bertz CT molecular complexity index is 853. The van der Waals surface area contributed by atoms with E-state index in [-0.39, 0.29) is 5.91 Å². The Kier molecular flexibility index (Phi) is 5.88. The lowest BCUT2D eigenvalue weighted by Gasteiger charge is -2.09. The van der Waals surface area contributed by atoms with E-state index in [0.717, 1.165) is 18.5 Å². The summed E-state index contributed by atoms with van der Waals surface area (Å²) in [7, 11) is 0. The molecular formula is C20H21N5O. The summed E-state index contributed by atoms with van der Waals surface area (Å²) >= 11 is 0. The van der Waals surface area contributed by atoms with Crippen molar-refractivity contribution in [2.75, 3.05) is 11.9 Å². The van der Waals surface area contributed by atoms with Gasteiger partial charge in [-0.1, -0.05) is 36.4 Å². The summed E-state index contributed by atoms with van der Waals surface area (Å²) in [6, 6.07) is 15.6. The topological polar surface area (TPSA) is 79.8 Å².